The highest BCUT2D eigenvalue weighted by atomic mass is 32.1. The number of amides is 1. The maximum Gasteiger partial charge on any atom is 0.255 e. The van der Waals surface area contributed by atoms with Crippen molar-refractivity contribution in [2.24, 2.45) is 0 Å². The monoisotopic (exact) mass is 406 g/mol. The Bertz CT molecular complexity index is 888. The molecule has 1 fully saturated rings. The van der Waals surface area contributed by atoms with E-state index in [0.29, 0.717) is 11.7 Å². The minimum atomic E-state index is -0.0856. The van der Waals surface area contributed by atoms with Gasteiger partial charge in [-0.1, -0.05) is 36.4 Å². The molecule has 150 valence electrons. The van der Waals surface area contributed by atoms with Crippen LogP contribution < -0.4 is 5.32 Å². The van der Waals surface area contributed by atoms with Crippen LogP contribution in [-0.2, 0) is 17.8 Å². The van der Waals surface area contributed by atoms with E-state index in [4.69, 9.17) is 4.74 Å². The molecule has 1 amide bonds. The van der Waals surface area contributed by atoms with Gasteiger partial charge in [0.1, 0.15) is 0 Å². The van der Waals surface area contributed by atoms with Gasteiger partial charge in [-0.2, -0.15) is 0 Å². The van der Waals surface area contributed by atoms with Crippen LogP contribution >= 0.6 is 11.3 Å². The summed E-state index contributed by atoms with van der Waals surface area (Å²) >= 11 is 1.79. The van der Waals surface area contributed by atoms with Crippen LogP contribution in [0.4, 0.5) is 5.69 Å². The zero-order valence-electron chi connectivity index (χ0n) is 16.4. The molecule has 0 spiro atoms. The molecule has 1 N–H and O–H groups in total. The first-order valence-corrected chi connectivity index (χ1v) is 11.0. The summed E-state index contributed by atoms with van der Waals surface area (Å²) in [5.74, 6) is -0.0856. The Morgan fingerprint density at radius 2 is 1.86 bits per heavy atom. The first-order chi connectivity index (χ1) is 14.3. The van der Waals surface area contributed by atoms with Gasteiger partial charge in [-0.05, 0) is 54.1 Å². The van der Waals surface area contributed by atoms with Gasteiger partial charge in [0.2, 0.25) is 0 Å². The van der Waals surface area contributed by atoms with Gasteiger partial charge in [0.15, 0.2) is 0 Å². The second-order valence-electron chi connectivity index (χ2n) is 7.40. The zero-order valence-corrected chi connectivity index (χ0v) is 17.2. The van der Waals surface area contributed by atoms with Crippen molar-refractivity contribution in [3.8, 4) is 0 Å². The third-order valence-electron chi connectivity index (χ3n) is 5.10. The molecule has 0 bridgehead atoms. The van der Waals surface area contributed by atoms with Gasteiger partial charge in [-0.3, -0.25) is 9.69 Å². The number of nitrogens with zero attached hydrogens (tertiary/aromatic N) is 1. The van der Waals surface area contributed by atoms with Gasteiger partial charge >= 0.3 is 0 Å². The fraction of sp³-hybridized carbons (Fsp3) is 0.292. The number of anilines is 1. The summed E-state index contributed by atoms with van der Waals surface area (Å²) in [4.78, 5) is 16.3. The van der Waals surface area contributed by atoms with Crippen LogP contribution in [0.15, 0.2) is 72.1 Å². The van der Waals surface area contributed by atoms with Gasteiger partial charge < -0.3 is 10.1 Å². The van der Waals surface area contributed by atoms with E-state index in [0.717, 1.165) is 44.8 Å². The average molecular weight is 407 g/mol. The molecule has 0 radical (unpaired) electrons. The van der Waals surface area contributed by atoms with E-state index in [1.54, 1.807) is 11.3 Å². The maximum absolute atomic E-state index is 12.5. The predicted octanol–water partition coefficient (Wildman–Crippen LogP) is 5.18. The van der Waals surface area contributed by atoms with Crippen molar-refractivity contribution < 1.29 is 9.53 Å². The van der Waals surface area contributed by atoms with Crippen LogP contribution in [0.1, 0.15) is 33.6 Å². The summed E-state index contributed by atoms with van der Waals surface area (Å²) in [6, 6.07) is 21.7. The third kappa shape index (κ3) is 5.76. The zero-order chi connectivity index (χ0) is 19.9. The Morgan fingerprint density at radius 3 is 2.55 bits per heavy atom. The molecule has 0 unspecified atom stereocenters. The number of thiophene rings is 1. The predicted molar refractivity (Wildman–Crippen MR) is 118 cm³/mol. The topological polar surface area (TPSA) is 41.6 Å². The smallest absolute Gasteiger partial charge is 0.255 e. The number of rotatable bonds is 8. The molecule has 2 heterocycles. The summed E-state index contributed by atoms with van der Waals surface area (Å²) in [6.45, 7) is 3.59. The van der Waals surface area contributed by atoms with Crippen molar-refractivity contribution in [1.82, 2.24) is 4.90 Å². The lowest BCUT2D eigenvalue weighted by atomic mass is 10.1. The Labute approximate surface area is 176 Å². The normalized spacial score (nSPS) is 16.2. The van der Waals surface area contributed by atoms with E-state index in [2.05, 4.69) is 39.9 Å². The minimum Gasteiger partial charge on any atom is -0.377 e. The molecule has 2 aromatic carbocycles. The summed E-state index contributed by atoms with van der Waals surface area (Å²) < 4.78 is 5.86. The van der Waals surface area contributed by atoms with Crippen molar-refractivity contribution in [1.29, 1.82) is 0 Å². The Kier molecular flexibility index (Phi) is 6.72. The minimum absolute atomic E-state index is 0.0856. The van der Waals surface area contributed by atoms with E-state index >= 15 is 0 Å². The molecule has 1 aliphatic heterocycles. The average Bonchev–Trinajstić information content (AvgIpc) is 3.44. The third-order valence-corrected chi connectivity index (χ3v) is 5.96. The number of carbonyl (C=O) groups excluding carboxylic acids is 1. The molecule has 0 saturated carbocycles. The number of carbonyl (C=O) groups is 1. The fourth-order valence-electron chi connectivity index (χ4n) is 3.63. The van der Waals surface area contributed by atoms with E-state index in [9.17, 15) is 4.79 Å². The van der Waals surface area contributed by atoms with Gasteiger partial charge in [0.25, 0.3) is 5.91 Å². The van der Waals surface area contributed by atoms with Crippen LogP contribution in [-0.4, -0.2) is 30.1 Å². The molecule has 1 aliphatic rings. The van der Waals surface area contributed by atoms with Crippen LogP contribution in [0.25, 0.3) is 0 Å². The van der Waals surface area contributed by atoms with Crippen LogP contribution in [0.2, 0.25) is 0 Å². The lowest BCUT2D eigenvalue weighted by Crippen LogP contribution is -2.31. The van der Waals surface area contributed by atoms with Gasteiger partial charge in [0.05, 0.1) is 6.10 Å². The van der Waals surface area contributed by atoms with Crippen LogP contribution in [0.3, 0.4) is 0 Å². The van der Waals surface area contributed by atoms with Gasteiger partial charge in [-0.15, -0.1) is 11.3 Å². The quantitative estimate of drug-likeness (QED) is 0.560. The molecule has 29 heavy (non-hydrogen) atoms. The molecule has 5 heteroatoms. The fourth-order valence-corrected chi connectivity index (χ4v) is 4.37. The molecule has 4 rings (SSSR count). The number of hydrogen-bond donors (Lipinski definition) is 1. The van der Waals surface area contributed by atoms with Crippen LogP contribution in [0, 0.1) is 0 Å². The highest BCUT2D eigenvalue weighted by molar-refractivity contribution is 7.09. The largest absolute Gasteiger partial charge is 0.377 e. The highest BCUT2D eigenvalue weighted by Gasteiger charge is 2.20. The lowest BCUT2D eigenvalue weighted by Gasteiger charge is -2.25. The van der Waals surface area contributed by atoms with E-state index < -0.39 is 0 Å². The summed E-state index contributed by atoms with van der Waals surface area (Å²) in [5.41, 5.74) is 2.68. The summed E-state index contributed by atoms with van der Waals surface area (Å²) in [5, 5.41) is 5.06. The number of benzene rings is 2. The highest BCUT2D eigenvalue weighted by Crippen LogP contribution is 2.19. The molecular formula is C24H26N2O2S. The van der Waals surface area contributed by atoms with E-state index in [1.807, 2.05) is 42.5 Å². The van der Waals surface area contributed by atoms with Gasteiger partial charge in [-0.25, -0.2) is 0 Å². The summed E-state index contributed by atoms with van der Waals surface area (Å²) in [7, 11) is 0. The molecule has 1 aromatic heterocycles. The van der Waals surface area contributed by atoms with Crippen LogP contribution in [0.5, 0.6) is 0 Å². The second-order valence-corrected chi connectivity index (χ2v) is 8.43. The Balaban J connectivity index is 1.39. The Hall–Kier alpha value is -2.47. The Morgan fingerprint density at radius 1 is 1.03 bits per heavy atom. The molecule has 0 aliphatic carbocycles. The first-order valence-electron chi connectivity index (χ1n) is 10.1. The molecular weight excluding hydrogens is 380 g/mol. The van der Waals surface area contributed by atoms with Crippen molar-refractivity contribution in [2.75, 3.05) is 18.5 Å². The number of ether oxygens (including phenoxy) is 1. The first kappa shape index (κ1) is 19.8. The second kappa shape index (κ2) is 9.83. The summed E-state index contributed by atoms with van der Waals surface area (Å²) in [6.07, 6.45) is 2.62. The maximum atomic E-state index is 12.5. The number of hydrogen-bond acceptors (Lipinski definition) is 4. The molecule has 4 nitrogen and oxygen atoms in total. The number of para-hydroxylation sites is 1. The number of nitrogens with one attached hydrogen (secondary N) is 1. The van der Waals surface area contributed by atoms with E-state index in [-0.39, 0.29) is 5.91 Å². The SMILES string of the molecule is O=C(Nc1ccccc1)c1ccc(CN(Cc2cccs2)C[C@@H]2CCCO2)cc1. The van der Waals surface area contributed by atoms with Crippen molar-refractivity contribution in [3.63, 3.8) is 0 Å². The molecule has 1 saturated heterocycles. The van der Waals surface area contributed by atoms with Crippen molar-refractivity contribution in [3.05, 3.63) is 88.1 Å². The van der Waals surface area contributed by atoms with Crippen molar-refractivity contribution >= 4 is 22.9 Å². The molecule has 1 atom stereocenters. The molecule has 3 aromatic rings. The van der Waals surface area contributed by atoms with E-state index in [1.165, 1.54) is 10.4 Å². The van der Waals surface area contributed by atoms with Gasteiger partial charge in [0, 0.05) is 42.4 Å². The van der Waals surface area contributed by atoms with Crippen molar-refractivity contribution in [2.45, 2.75) is 32.0 Å². The standard InChI is InChI=1S/C24H26N2O2S/c27-24(25-21-6-2-1-3-7-21)20-12-10-19(11-13-20)16-26(17-22-8-4-14-28-22)18-23-9-5-15-29-23/h1-3,5-7,9-13,15,22H,4,8,14,16-18H2,(H,25,27)/t22-/m0/s1. The lowest BCUT2D eigenvalue weighted by molar-refractivity contribution is 0.0682.